The minimum Gasteiger partial charge on any atom is -0.495 e. The zero-order valence-corrected chi connectivity index (χ0v) is 16.7. The highest BCUT2D eigenvalue weighted by molar-refractivity contribution is 7.16. The number of ether oxygens (including phenoxy) is 1. The van der Waals surface area contributed by atoms with Crippen molar-refractivity contribution in [1.82, 2.24) is 9.88 Å². The normalized spacial score (nSPS) is 13.0. The summed E-state index contributed by atoms with van der Waals surface area (Å²) in [5.74, 6) is 0.447. The number of rotatable bonds is 4. The van der Waals surface area contributed by atoms with E-state index >= 15 is 0 Å². The molecule has 0 bridgehead atoms. The summed E-state index contributed by atoms with van der Waals surface area (Å²) in [6, 6.07) is 8.89. The monoisotopic (exact) mass is 414 g/mol. The molecule has 2 aromatic heterocycles. The van der Waals surface area contributed by atoms with E-state index in [0.29, 0.717) is 41.6 Å². The summed E-state index contributed by atoms with van der Waals surface area (Å²) in [6.07, 6.45) is 0.652. The second-order valence-corrected chi connectivity index (χ2v) is 8.02. The van der Waals surface area contributed by atoms with Crippen LogP contribution in [-0.2, 0) is 13.0 Å². The molecule has 3 heterocycles. The molecule has 0 radical (unpaired) electrons. The quantitative estimate of drug-likeness (QED) is 0.674. The van der Waals surface area contributed by atoms with Crippen LogP contribution in [0.25, 0.3) is 0 Å². The number of amides is 3. The van der Waals surface area contributed by atoms with Gasteiger partial charge < -0.3 is 15.0 Å². The van der Waals surface area contributed by atoms with E-state index in [2.05, 4.69) is 15.6 Å². The van der Waals surface area contributed by atoms with Gasteiger partial charge in [0.2, 0.25) is 0 Å². The molecular formula is C19H18N4O3S2. The molecule has 0 saturated carbocycles. The van der Waals surface area contributed by atoms with Gasteiger partial charge >= 0.3 is 6.03 Å². The molecule has 0 spiro atoms. The average Bonchev–Trinajstić information content (AvgIpc) is 3.37. The molecule has 0 atom stereocenters. The molecule has 3 amide bonds. The van der Waals surface area contributed by atoms with Crippen molar-refractivity contribution in [2.24, 2.45) is 0 Å². The van der Waals surface area contributed by atoms with Gasteiger partial charge in [0.05, 0.1) is 30.6 Å². The fourth-order valence-corrected chi connectivity index (χ4v) is 4.58. The van der Waals surface area contributed by atoms with E-state index in [1.165, 1.54) is 22.7 Å². The van der Waals surface area contributed by atoms with E-state index in [1.807, 2.05) is 17.5 Å². The number of benzene rings is 1. The number of methoxy groups -OCH3 is 1. The zero-order valence-electron chi connectivity index (χ0n) is 15.1. The van der Waals surface area contributed by atoms with E-state index in [1.54, 1.807) is 35.6 Å². The second kappa shape index (κ2) is 7.99. The van der Waals surface area contributed by atoms with Crippen LogP contribution in [0.1, 0.15) is 20.9 Å². The number of aromatic nitrogens is 1. The smallest absolute Gasteiger partial charge is 0.322 e. The number of anilines is 2. The number of carbonyl (C=O) groups is 2. The Morgan fingerprint density at radius 1 is 1.21 bits per heavy atom. The van der Waals surface area contributed by atoms with Gasteiger partial charge in [0.1, 0.15) is 5.75 Å². The molecule has 28 heavy (non-hydrogen) atoms. The van der Waals surface area contributed by atoms with Crippen LogP contribution in [-0.4, -0.2) is 35.5 Å². The largest absolute Gasteiger partial charge is 0.495 e. The second-order valence-electron chi connectivity index (χ2n) is 6.16. The molecule has 1 aliphatic rings. The minimum absolute atomic E-state index is 0.168. The predicted molar refractivity (Wildman–Crippen MR) is 111 cm³/mol. The molecule has 0 fully saturated rings. The number of urea groups is 1. The van der Waals surface area contributed by atoms with Gasteiger partial charge in [0.15, 0.2) is 5.13 Å². The van der Waals surface area contributed by atoms with E-state index in [-0.39, 0.29) is 11.9 Å². The van der Waals surface area contributed by atoms with Gasteiger partial charge in [-0.25, -0.2) is 9.78 Å². The molecule has 0 aliphatic carbocycles. The molecule has 2 N–H and O–H groups in total. The SMILES string of the molecule is COc1ccccc1NC(=O)N1CCc2nc(NC(=O)c3ccsc3)sc2C1. The number of nitrogens with one attached hydrogen (secondary N) is 2. The maximum Gasteiger partial charge on any atom is 0.322 e. The van der Waals surface area contributed by atoms with Crippen LogP contribution in [0.2, 0.25) is 0 Å². The number of thiazole rings is 1. The Hall–Kier alpha value is -2.91. The highest BCUT2D eigenvalue weighted by atomic mass is 32.1. The Morgan fingerprint density at radius 2 is 2.07 bits per heavy atom. The van der Waals surface area contributed by atoms with Gasteiger partial charge in [-0.3, -0.25) is 10.1 Å². The maximum atomic E-state index is 12.7. The molecule has 9 heteroatoms. The molecule has 7 nitrogen and oxygen atoms in total. The molecular weight excluding hydrogens is 396 g/mol. The summed E-state index contributed by atoms with van der Waals surface area (Å²) in [5, 5.41) is 9.96. The first kappa shape index (κ1) is 18.5. The molecule has 4 rings (SSSR count). The Bertz CT molecular complexity index is 1000. The van der Waals surface area contributed by atoms with Gasteiger partial charge in [-0.15, -0.1) is 0 Å². The van der Waals surface area contributed by atoms with E-state index in [0.717, 1.165) is 10.6 Å². The summed E-state index contributed by atoms with van der Waals surface area (Å²) in [4.78, 5) is 32.1. The first-order valence-electron chi connectivity index (χ1n) is 8.65. The molecule has 1 aromatic carbocycles. The minimum atomic E-state index is -0.188. The van der Waals surface area contributed by atoms with Gasteiger partial charge in [0, 0.05) is 23.2 Å². The lowest BCUT2D eigenvalue weighted by Crippen LogP contribution is -2.38. The summed E-state index contributed by atoms with van der Waals surface area (Å²) >= 11 is 2.88. The summed E-state index contributed by atoms with van der Waals surface area (Å²) < 4.78 is 5.28. The number of thiophene rings is 1. The number of carbonyl (C=O) groups excluding carboxylic acids is 2. The van der Waals surface area contributed by atoms with E-state index in [9.17, 15) is 9.59 Å². The van der Waals surface area contributed by atoms with Crippen molar-refractivity contribution in [3.05, 3.63) is 57.2 Å². The standard InChI is InChI=1S/C19H18N4O3S2/c1-26-15-5-3-2-4-13(15)21-19(25)23-8-6-14-16(10-23)28-18(20-14)22-17(24)12-7-9-27-11-12/h2-5,7,9,11H,6,8,10H2,1H3,(H,21,25)(H,20,22,24). The van der Waals surface area contributed by atoms with Crippen LogP contribution < -0.4 is 15.4 Å². The van der Waals surface area contributed by atoms with Crippen molar-refractivity contribution >= 4 is 45.4 Å². The highest BCUT2D eigenvalue weighted by Gasteiger charge is 2.25. The van der Waals surface area contributed by atoms with Crippen molar-refractivity contribution < 1.29 is 14.3 Å². The van der Waals surface area contributed by atoms with Crippen molar-refractivity contribution in [1.29, 1.82) is 0 Å². The van der Waals surface area contributed by atoms with Crippen LogP contribution in [0, 0.1) is 0 Å². The van der Waals surface area contributed by atoms with Gasteiger partial charge in [-0.05, 0) is 23.6 Å². The molecule has 144 valence electrons. The lowest BCUT2D eigenvalue weighted by Gasteiger charge is -2.26. The molecule has 1 aliphatic heterocycles. The lowest BCUT2D eigenvalue weighted by molar-refractivity contribution is 0.102. The third-order valence-electron chi connectivity index (χ3n) is 4.37. The van der Waals surface area contributed by atoms with E-state index in [4.69, 9.17) is 4.74 Å². The number of fused-ring (bicyclic) bond motifs is 1. The van der Waals surface area contributed by atoms with Crippen molar-refractivity contribution in [3.8, 4) is 5.75 Å². The number of nitrogens with zero attached hydrogens (tertiary/aromatic N) is 2. The van der Waals surface area contributed by atoms with Crippen LogP contribution in [0.3, 0.4) is 0 Å². The predicted octanol–water partition coefficient (Wildman–Crippen LogP) is 4.06. The van der Waals surface area contributed by atoms with Crippen LogP contribution in [0.5, 0.6) is 5.75 Å². The Morgan fingerprint density at radius 3 is 2.86 bits per heavy atom. The molecule has 0 saturated heterocycles. The first-order chi connectivity index (χ1) is 13.6. The number of hydrogen-bond acceptors (Lipinski definition) is 6. The van der Waals surface area contributed by atoms with E-state index < -0.39 is 0 Å². The average molecular weight is 415 g/mol. The summed E-state index contributed by atoms with van der Waals surface area (Å²) in [7, 11) is 1.57. The van der Waals surface area contributed by atoms with Gasteiger partial charge in [-0.1, -0.05) is 23.5 Å². The highest BCUT2D eigenvalue weighted by Crippen LogP contribution is 2.30. The summed E-state index contributed by atoms with van der Waals surface area (Å²) in [6.45, 7) is 1.03. The fraction of sp³-hybridized carbons (Fsp3) is 0.211. The van der Waals surface area contributed by atoms with Crippen LogP contribution in [0.15, 0.2) is 41.1 Å². The first-order valence-corrected chi connectivity index (χ1v) is 10.4. The third kappa shape index (κ3) is 3.85. The number of hydrogen-bond donors (Lipinski definition) is 2. The third-order valence-corrected chi connectivity index (χ3v) is 6.05. The van der Waals surface area contributed by atoms with Crippen molar-refractivity contribution in [2.45, 2.75) is 13.0 Å². The van der Waals surface area contributed by atoms with Crippen molar-refractivity contribution in [2.75, 3.05) is 24.3 Å². The molecule has 0 unspecified atom stereocenters. The Balaban J connectivity index is 1.42. The maximum absolute atomic E-state index is 12.7. The van der Waals surface area contributed by atoms with Gasteiger partial charge in [-0.2, -0.15) is 11.3 Å². The van der Waals surface area contributed by atoms with Gasteiger partial charge in [0.25, 0.3) is 5.91 Å². The zero-order chi connectivity index (χ0) is 19.5. The Kier molecular flexibility index (Phi) is 5.27. The number of para-hydroxylation sites is 2. The molecule has 3 aromatic rings. The fourth-order valence-electron chi connectivity index (χ4n) is 2.93. The van der Waals surface area contributed by atoms with Crippen LogP contribution in [0.4, 0.5) is 15.6 Å². The lowest BCUT2D eigenvalue weighted by atomic mass is 10.2. The van der Waals surface area contributed by atoms with Crippen LogP contribution >= 0.6 is 22.7 Å². The summed E-state index contributed by atoms with van der Waals surface area (Å²) in [5.41, 5.74) is 2.19. The topological polar surface area (TPSA) is 83.6 Å². The van der Waals surface area contributed by atoms with Crippen molar-refractivity contribution in [3.63, 3.8) is 0 Å². The Labute approximate surface area is 170 Å².